The van der Waals surface area contributed by atoms with Crippen LogP contribution in [0.25, 0.3) is 0 Å². The Morgan fingerprint density at radius 3 is 2.67 bits per heavy atom. The molecule has 18 heavy (non-hydrogen) atoms. The minimum absolute atomic E-state index is 0.163. The highest BCUT2D eigenvalue weighted by Crippen LogP contribution is 1.95. The average Bonchev–Trinajstić information content (AvgIpc) is 2.29. The number of nitrogens with zero attached hydrogens (tertiary/aromatic N) is 1. The quantitative estimate of drug-likeness (QED) is 0.606. The van der Waals surface area contributed by atoms with Gasteiger partial charge in [-0.1, -0.05) is 6.08 Å². The molecule has 0 aromatic heterocycles. The predicted molar refractivity (Wildman–Crippen MR) is 69.1 cm³/mol. The molecule has 0 aromatic carbocycles. The van der Waals surface area contributed by atoms with Gasteiger partial charge in [0.15, 0.2) is 9.84 Å². The number of hydrogen-bond donors (Lipinski definition) is 1. The van der Waals surface area contributed by atoms with Crippen LogP contribution in [-0.4, -0.2) is 70.1 Å². The van der Waals surface area contributed by atoms with Crippen molar-refractivity contribution in [1.29, 1.82) is 0 Å². The summed E-state index contributed by atoms with van der Waals surface area (Å²) in [5.41, 5.74) is 0. The first-order valence-corrected chi connectivity index (χ1v) is 7.74. The number of hydrogen-bond acceptors (Lipinski definition) is 5. The van der Waals surface area contributed by atoms with Gasteiger partial charge in [-0.3, -0.25) is 9.69 Å². The number of carbonyl (C=O) groups excluding carboxylic acids is 1. The molecule has 1 aliphatic heterocycles. The minimum atomic E-state index is -3.35. The summed E-state index contributed by atoms with van der Waals surface area (Å²) < 4.78 is 27.9. The van der Waals surface area contributed by atoms with E-state index in [1.54, 1.807) is 0 Å². The van der Waals surface area contributed by atoms with Crippen LogP contribution in [0, 0.1) is 0 Å². The highest BCUT2D eigenvalue weighted by molar-refractivity contribution is 7.92. The highest BCUT2D eigenvalue weighted by atomic mass is 32.2. The lowest BCUT2D eigenvalue weighted by atomic mass is 10.4. The van der Waals surface area contributed by atoms with Crippen LogP contribution in [0.2, 0.25) is 0 Å². The van der Waals surface area contributed by atoms with Crippen molar-refractivity contribution in [2.45, 2.75) is 0 Å². The molecule has 0 aromatic rings. The van der Waals surface area contributed by atoms with Gasteiger partial charge in [0.1, 0.15) is 5.75 Å². The first kappa shape index (κ1) is 15.1. The Hall–Kier alpha value is -0.920. The summed E-state index contributed by atoms with van der Waals surface area (Å²) in [6.07, 6.45) is 1.29. The fraction of sp³-hybridized carbons (Fsp3) is 0.727. The van der Waals surface area contributed by atoms with Gasteiger partial charge in [-0.15, -0.1) is 6.58 Å². The summed E-state index contributed by atoms with van der Waals surface area (Å²) in [6, 6.07) is 0. The predicted octanol–water partition coefficient (Wildman–Crippen LogP) is -0.964. The Labute approximate surface area is 108 Å². The van der Waals surface area contributed by atoms with Gasteiger partial charge < -0.3 is 10.1 Å². The molecule has 1 aliphatic rings. The SMILES string of the molecule is C=CCS(=O)(=O)CC(=O)NCCN1CCOCC1. The monoisotopic (exact) mass is 276 g/mol. The average molecular weight is 276 g/mol. The molecule has 0 atom stereocenters. The van der Waals surface area contributed by atoms with Crippen LogP contribution >= 0.6 is 0 Å². The summed E-state index contributed by atoms with van der Waals surface area (Å²) in [7, 11) is -3.35. The van der Waals surface area contributed by atoms with Crippen molar-refractivity contribution in [3.63, 3.8) is 0 Å². The van der Waals surface area contributed by atoms with Gasteiger partial charge >= 0.3 is 0 Å². The minimum Gasteiger partial charge on any atom is -0.379 e. The summed E-state index contributed by atoms with van der Waals surface area (Å²) in [5.74, 6) is -1.09. The molecule has 1 fully saturated rings. The Balaban J connectivity index is 2.18. The number of morpholine rings is 1. The molecule has 1 rings (SSSR count). The zero-order chi connectivity index (χ0) is 13.4. The lowest BCUT2D eigenvalue weighted by Crippen LogP contribution is -2.42. The molecule has 104 valence electrons. The van der Waals surface area contributed by atoms with Gasteiger partial charge in [0.25, 0.3) is 0 Å². The maximum absolute atomic E-state index is 11.4. The van der Waals surface area contributed by atoms with Crippen molar-refractivity contribution in [3.05, 3.63) is 12.7 Å². The van der Waals surface area contributed by atoms with Crippen LogP contribution in [0.15, 0.2) is 12.7 Å². The van der Waals surface area contributed by atoms with Crippen LogP contribution in [-0.2, 0) is 19.4 Å². The Morgan fingerprint density at radius 2 is 2.06 bits per heavy atom. The van der Waals surface area contributed by atoms with E-state index < -0.39 is 21.5 Å². The molecule has 0 unspecified atom stereocenters. The fourth-order valence-electron chi connectivity index (χ4n) is 1.67. The van der Waals surface area contributed by atoms with E-state index in [2.05, 4.69) is 16.8 Å². The maximum atomic E-state index is 11.4. The second-order valence-electron chi connectivity index (χ2n) is 4.15. The molecule has 0 bridgehead atoms. The van der Waals surface area contributed by atoms with Crippen molar-refractivity contribution < 1.29 is 17.9 Å². The van der Waals surface area contributed by atoms with Crippen molar-refractivity contribution in [1.82, 2.24) is 10.2 Å². The number of nitrogens with one attached hydrogen (secondary N) is 1. The standard InChI is InChI=1S/C11H20N2O4S/c1-2-9-18(15,16)10-11(14)12-3-4-13-5-7-17-8-6-13/h2H,1,3-10H2,(H,12,14). The van der Waals surface area contributed by atoms with E-state index in [0.29, 0.717) is 19.8 Å². The van der Waals surface area contributed by atoms with Gasteiger partial charge in [-0.05, 0) is 0 Å². The Morgan fingerprint density at radius 1 is 1.39 bits per heavy atom. The molecule has 1 amide bonds. The van der Waals surface area contributed by atoms with E-state index >= 15 is 0 Å². The van der Waals surface area contributed by atoms with Gasteiger partial charge in [0.2, 0.25) is 5.91 Å². The Kier molecular flexibility index (Phi) is 6.31. The normalized spacial score (nSPS) is 17.3. The van der Waals surface area contributed by atoms with E-state index in [9.17, 15) is 13.2 Å². The number of sulfone groups is 1. The molecule has 7 heteroatoms. The van der Waals surface area contributed by atoms with E-state index in [-0.39, 0.29) is 5.75 Å². The highest BCUT2D eigenvalue weighted by Gasteiger charge is 2.15. The number of amides is 1. The molecule has 6 nitrogen and oxygen atoms in total. The molecule has 1 heterocycles. The molecule has 0 saturated carbocycles. The second-order valence-corrected chi connectivity index (χ2v) is 6.26. The summed E-state index contributed by atoms with van der Waals surface area (Å²) in [6.45, 7) is 7.65. The zero-order valence-electron chi connectivity index (χ0n) is 10.4. The fourth-order valence-corrected chi connectivity index (χ4v) is 2.65. The number of ether oxygens (including phenoxy) is 1. The van der Waals surface area contributed by atoms with Crippen molar-refractivity contribution in [2.24, 2.45) is 0 Å². The lowest BCUT2D eigenvalue weighted by Gasteiger charge is -2.26. The molecule has 0 spiro atoms. The zero-order valence-corrected chi connectivity index (χ0v) is 11.2. The van der Waals surface area contributed by atoms with Crippen LogP contribution in [0.5, 0.6) is 0 Å². The number of rotatable bonds is 7. The van der Waals surface area contributed by atoms with E-state index in [1.165, 1.54) is 6.08 Å². The van der Waals surface area contributed by atoms with Gasteiger partial charge in [-0.25, -0.2) is 8.42 Å². The molecule has 0 aliphatic carbocycles. The molecule has 1 saturated heterocycles. The summed E-state index contributed by atoms with van der Waals surface area (Å²) in [4.78, 5) is 13.6. The first-order valence-electron chi connectivity index (χ1n) is 5.91. The van der Waals surface area contributed by atoms with E-state index in [1.807, 2.05) is 0 Å². The molecular weight excluding hydrogens is 256 g/mol. The third kappa shape index (κ3) is 6.13. The van der Waals surface area contributed by atoms with Crippen LogP contribution < -0.4 is 5.32 Å². The van der Waals surface area contributed by atoms with Crippen LogP contribution in [0.1, 0.15) is 0 Å². The van der Waals surface area contributed by atoms with Crippen molar-refractivity contribution in [2.75, 3.05) is 50.9 Å². The maximum Gasteiger partial charge on any atom is 0.235 e. The van der Waals surface area contributed by atoms with Crippen molar-refractivity contribution in [3.8, 4) is 0 Å². The molecule has 1 N–H and O–H groups in total. The first-order chi connectivity index (χ1) is 8.53. The lowest BCUT2D eigenvalue weighted by molar-refractivity contribution is -0.118. The third-order valence-electron chi connectivity index (χ3n) is 2.58. The van der Waals surface area contributed by atoms with Gasteiger partial charge in [0, 0.05) is 26.2 Å². The van der Waals surface area contributed by atoms with E-state index in [0.717, 1.165) is 19.6 Å². The van der Waals surface area contributed by atoms with Gasteiger partial charge in [-0.2, -0.15) is 0 Å². The summed E-state index contributed by atoms with van der Waals surface area (Å²) >= 11 is 0. The summed E-state index contributed by atoms with van der Waals surface area (Å²) in [5, 5.41) is 2.61. The Bertz CT molecular complexity index is 375. The second kappa shape index (κ2) is 7.50. The van der Waals surface area contributed by atoms with Crippen LogP contribution in [0.3, 0.4) is 0 Å². The number of carbonyl (C=O) groups is 1. The molecular formula is C11H20N2O4S. The topological polar surface area (TPSA) is 75.7 Å². The van der Waals surface area contributed by atoms with E-state index in [4.69, 9.17) is 4.74 Å². The largest absolute Gasteiger partial charge is 0.379 e. The third-order valence-corrected chi connectivity index (χ3v) is 4.02. The smallest absolute Gasteiger partial charge is 0.235 e. The van der Waals surface area contributed by atoms with Gasteiger partial charge in [0.05, 0.1) is 19.0 Å². The molecule has 0 radical (unpaired) electrons. The van der Waals surface area contributed by atoms with Crippen LogP contribution in [0.4, 0.5) is 0 Å². The van der Waals surface area contributed by atoms with Crippen molar-refractivity contribution >= 4 is 15.7 Å².